The molecule has 2 N–H and O–H groups in total. The lowest BCUT2D eigenvalue weighted by Gasteiger charge is -2.21. The zero-order valence-electron chi connectivity index (χ0n) is 14.7. The molecule has 2 aromatic heterocycles. The van der Waals surface area contributed by atoms with E-state index in [0.717, 1.165) is 11.3 Å². The average molecular weight is 365 g/mol. The summed E-state index contributed by atoms with van der Waals surface area (Å²) in [4.78, 5) is 34.6. The number of H-pyrrole nitrogens is 1. The zero-order valence-corrected chi connectivity index (χ0v) is 15.5. The first kappa shape index (κ1) is 19.3. The van der Waals surface area contributed by atoms with Crippen molar-refractivity contribution in [1.82, 2.24) is 14.9 Å². The Morgan fingerprint density at radius 3 is 2.88 bits per heavy atom. The SMILES string of the molecule is C=CCN(Cc1nc2sc(C(=O)OCC)c(C)c2c(=O)[nH]1)C[C@H](C)O. The van der Waals surface area contributed by atoms with Gasteiger partial charge in [0.1, 0.15) is 15.5 Å². The van der Waals surface area contributed by atoms with E-state index in [1.54, 1.807) is 26.8 Å². The lowest BCUT2D eigenvalue weighted by Crippen LogP contribution is -2.32. The number of esters is 1. The van der Waals surface area contributed by atoms with Crippen LogP contribution in [0.3, 0.4) is 0 Å². The number of nitrogens with zero attached hydrogens (tertiary/aromatic N) is 2. The van der Waals surface area contributed by atoms with E-state index in [-0.39, 0.29) is 12.2 Å². The van der Waals surface area contributed by atoms with Crippen LogP contribution >= 0.6 is 11.3 Å². The Kier molecular flexibility index (Phi) is 6.46. The number of ether oxygens (including phenoxy) is 1. The second kappa shape index (κ2) is 8.37. The summed E-state index contributed by atoms with van der Waals surface area (Å²) in [5, 5.41) is 10.0. The average Bonchev–Trinajstić information content (AvgIpc) is 2.84. The van der Waals surface area contributed by atoms with Crippen molar-refractivity contribution in [2.75, 3.05) is 19.7 Å². The molecule has 0 aliphatic rings. The molecule has 0 radical (unpaired) electrons. The van der Waals surface area contributed by atoms with Crippen LogP contribution in [0, 0.1) is 6.92 Å². The van der Waals surface area contributed by atoms with Crippen molar-refractivity contribution in [3.63, 3.8) is 0 Å². The fourth-order valence-corrected chi connectivity index (χ4v) is 3.72. The van der Waals surface area contributed by atoms with Crippen molar-refractivity contribution in [2.24, 2.45) is 0 Å². The van der Waals surface area contributed by atoms with Crippen LogP contribution in [-0.4, -0.2) is 51.7 Å². The molecule has 0 fully saturated rings. The van der Waals surface area contributed by atoms with E-state index < -0.39 is 12.1 Å². The number of thiophene rings is 1. The van der Waals surface area contributed by atoms with Gasteiger partial charge in [-0.3, -0.25) is 9.69 Å². The first-order chi connectivity index (χ1) is 11.9. The smallest absolute Gasteiger partial charge is 0.348 e. The molecular weight excluding hydrogens is 342 g/mol. The first-order valence-electron chi connectivity index (χ1n) is 8.08. The van der Waals surface area contributed by atoms with Gasteiger partial charge in [-0.15, -0.1) is 17.9 Å². The van der Waals surface area contributed by atoms with Crippen molar-refractivity contribution in [3.05, 3.63) is 39.3 Å². The van der Waals surface area contributed by atoms with Crippen LogP contribution in [0.5, 0.6) is 0 Å². The molecule has 0 spiro atoms. The molecule has 0 aromatic carbocycles. The van der Waals surface area contributed by atoms with E-state index >= 15 is 0 Å². The molecule has 0 amide bonds. The maximum Gasteiger partial charge on any atom is 0.348 e. The molecule has 0 saturated carbocycles. The van der Waals surface area contributed by atoms with Crippen LogP contribution in [0.1, 0.15) is 34.9 Å². The predicted molar refractivity (Wildman–Crippen MR) is 98.1 cm³/mol. The Hall–Kier alpha value is -2.03. The van der Waals surface area contributed by atoms with Gasteiger partial charge in [0, 0.05) is 13.1 Å². The van der Waals surface area contributed by atoms with E-state index in [9.17, 15) is 14.7 Å². The highest BCUT2D eigenvalue weighted by Crippen LogP contribution is 2.27. The predicted octanol–water partition coefficient (Wildman–Crippen LogP) is 1.84. The summed E-state index contributed by atoms with van der Waals surface area (Å²) < 4.78 is 5.03. The summed E-state index contributed by atoms with van der Waals surface area (Å²) in [5.41, 5.74) is 0.311. The third-order valence-corrected chi connectivity index (χ3v) is 4.76. The molecule has 7 nitrogen and oxygen atoms in total. The van der Waals surface area contributed by atoms with Crippen LogP contribution in [-0.2, 0) is 11.3 Å². The summed E-state index contributed by atoms with van der Waals surface area (Å²) >= 11 is 1.16. The van der Waals surface area contributed by atoms with Crippen molar-refractivity contribution in [1.29, 1.82) is 0 Å². The summed E-state index contributed by atoms with van der Waals surface area (Å²) in [5.74, 6) is 0.0444. The number of rotatable bonds is 8. The van der Waals surface area contributed by atoms with Crippen LogP contribution in [0.4, 0.5) is 0 Å². The number of aromatic amines is 1. The largest absolute Gasteiger partial charge is 0.462 e. The number of carbonyl (C=O) groups is 1. The molecular formula is C17H23N3O4S. The summed E-state index contributed by atoms with van der Waals surface area (Å²) in [6, 6.07) is 0. The number of hydrogen-bond acceptors (Lipinski definition) is 7. The molecule has 2 rings (SSSR count). The highest BCUT2D eigenvalue weighted by atomic mass is 32.1. The van der Waals surface area contributed by atoms with Gasteiger partial charge in [0.25, 0.3) is 5.56 Å². The Labute approximate surface area is 150 Å². The molecule has 2 heterocycles. The molecule has 8 heteroatoms. The Morgan fingerprint density at radius 2 is 2.28 bits per heavy atom. The summed E-state index contributed by atoms with van der Waals surface area (Å²) in [6.45, 7) is 10.5. The number of aliphatic hydroxyl groups is 1. The van der Waals surface area contributed by atoms with Crippen molar-refractivity contribution >= 4 is 27.5 Å². The molecule has 25 heavy (non-hydrogen) atoms. The first-order valence-corrected chi connectivity index (χ1v) is 8.89. The quantitative estimate of drug-likeness (QED) is 0.547. The number of aliphatic hydroxyl groups excluding tert-OH is 1. The Bertz CT molecular complexity index is 825. The Morgan fingerprint density at radius 1 is 1.56 bits per heavy atom. The molecule has 0 aliphatic heterocycles. The lowest BCUT2D eigenvalue weighted by atomic mass is 10.2. The van der Waals surface area contributed by atoms with Gasteiger partial charge in [-0.1, -0.05) is 6.08 Å². The molecule has 136 valence electrons. The third-order valence-electron chi connectivity index (χ3n) is 3.59. The minimum absolute atomic E-state index is 0.275. The van der Waals surface area contributed by atoms with Gasteiger partial charge in [-0.25, -0.2) is 9.78 Å². The van der Waals surface area contributed by atoms with Crippen LogP contribution in [0.2, 0.25) is 0 Å². The Balaban J connectivity index is 2.39. The monoisotopic (exact) mass is 365 g/mol. The van der Waals surface area contributed by atoms with Crippen LogP contribution in [0.25, 0.3) is 10.2 Å². The fourth-order valence-electron chi connectivity index (χ4n) is 2.63. The third kappa shape index (κ3) is 4.53. The van der Waals surface area contributed by atoms with Gasteiger partial charge >= 0.3 is 5.97 Å². The van der Waals surface area contributed by atoms with E-state index in [0.29, 0.717) is 46.1 Å². The van der Waals surface area contributed by atoms with Crippen molar-refractivity contribution in [3.8, 4) is 0 Å². The van der Waals surface area contributed by atoms with Crippen LogP contribution in [0.15, 0.2) is 17.4 Å². The maximum atomic E-state index is 12.4. The normalized spacial score (nSPS) is 12.5. The van der Waals surface area contributed by atoms with Crippen LogP contribution < -0.4 is 5.56 Å². The van der Waals surface area contributed by atoms with Gasteiger partial charge in [-0.2, -0.15) is 0 Å². The van der Waals surface area contributed by atoms with E-state index in [1.165, 1.54) is 0 Å². The van der Waals surface area contributed by atoms with E-state index in [4.69, 9.17) is 4.74 Å². The van der Waals surface area contributed by atoms with Gasteiger partial charge in [-0.05, 0) is 26.3 Å². The standard InChI is InChI=1S/C17H23N3O4S/c1-5-7-20(8-10(3)21)9-12-18-15(22)13-11(4)14(17(23)24-6-2)25-16(13)19-12/h5,10,21H,1,6-9H2,2-4H3,(H,18,19,22)/t10-/m0/s1. The molecule has 0 saturated heterocycles. The maximum absolute atomic E-state index is 12.4. The van der Waals surface area contributed by atoms with E-state index in [2.05, 4.69) is 16.5 Å². The van der Waals surface area contributed by atoms with Gasteiger partial charge in [0.15, 0.2) is 0 Å². The molecule has 0 unspecified atom stereocenters. The summed E-state index contributed by atoms with van der Waals surface area (Å²) in [7, 11) is 0. The number of hydrogen-bond donors (Lipinski definition) is 2. The summed E-state index contributed by atoms with van der Waals surface area (Å²) in [6.07, 6.45) is 1.22. The fraction of sp³-hybridized carbons (Fsp3) is 0.471. The highest BCUT2D eigenvalue weighted by molar-refractivity contribution is 7.20. The van der Waals surface area contributed by atoms with E-state index in [1.807, 2.05) is 4.90 Å². The molecule has 0 aliphatic carbocycles. The van der Waals surface area contributed by atoms with Gasteiger partial charge in [0.05, 0.1) is 24.6 Å². The number of nitrogens with one attached hydrogen (secondary N) is 1. The topological polar surface area (TPSA) is 95.5 Å². The molecule has 0 bridgehead atoms. The van der Waals surface area contributed by atoms with Crippen molar-refractivity contribution < 1.29 is 14.6 Å². The van der Waals surface area contributed by atoms with Crippen molar-refractivity contribution in [2.45, 2.75) is 33.4 Å². The minimum atomic E-state index is -0.505. The van der Waals surface area contributed by atoms with Gasteiger partial charge in [0.2, 0.25) is 0 Å². The van der Waals surface area contributed by atoms with Gasteiger partial charge < -0.3 is 14.8 Å². The zero-order chi connectivity index (χ0) is 18.6. The second-order valence-electron chi connectivity index (χ2n) is 5.80. The lowest BCUT2D eigenvalue weighted by molar-refractivity contribution is 0.0531. The molecule has 1 atom stereocenters. The molecule has 2 aromatic rings. The number of carbonyl (C=O) groups excluding carboxylic acids is 1. The number of aryl methyl sites for hydroxylation is 1. The number of fused-ring (bicyclic) bond motifs is 1. The minimum Gasteiger partial charge on any atom is -0.462 e. The number of aromatic nitrogens is 2. The second-order valence-corrected chi connectivity index (χ2v) is 6.80. The highest BCUT2D eigenvalue weighted by Gasteiger charge is 2.20.